The second kappa shape index (κ2) is 8.52. The highest BCUT2D eigenvalue weighted by Gasteiger charge is 2.41. The molecule has 0 bridgehead atoms. The van der Waals surface area contributed by atoms with Gasteiger partial charge in [-0.25, -0.2) is 4.79 Å². The topological polar surface area (TPSA) is 55.8 Å². The molecule has 138 valence electrons. The van der Waals surface area contributed by atoms with Crippen LogP contribution in [0, 0.1) is 0 Å². The molecule has 1 unspecified atom stereocenters. The number of carboxylic acid groups (broad SMARTS) is 1. The summed E-state index contributed by atoms with van der Waals surface area (Å²) in [7, 11) is 0. The standard InChI is InChI=1S/C23H22O4/c1-2-26-23(22(24)25,19-11-5-3-6-12-19)17-18-10-9-15-21(16-18)27-20-13-7-4-8-14-20/h3-16H,2,17H2,1H3,(H,24,25). The van der Waals surface area contributed by atoms with Crippen LogP contribution < -0.4 is 4.74 Å². The van der Waals surface area contributed by atoms with Crippen molar-refractivity contribution in [2.45, 2.75) is 18.9 Å². The minimum atomic E-state index is -1.44. The van der Waals surface area contributed by atoms with Crippen molar-refractivity contribution >= 4 is 5.97 Å². The van der Waals surface area contributed by atoms with E-state index in [2.05, 4.69) is 0 Å². The fraction of sp³-hybridized carbons (Fsp3) is 0.174. The van der Waals surface area contributed by atoms with Crippen molar-refractivity contribution in [3.63, 3.8) is 0 Å². The summed E-state index contributed by atoms with van der Waals surface area (Å²) in [6, 6.07) is 26.0. The van der Waals surface area contributed by atoms with Crippen LogP contribution in [0.4, 0.5) is 0 Å². The quantitative estimate of drug-likeness (QED) is 0.610. The van der Waals surface area contributed by atoms with Crippen LogP contribution in [0.5, 0.6) is 11.5 Å². The molecule has 0 aliphatic rings. The van der Waals surface area contributed by atoms with E-state index in [4.69, 9.17) is 9.47 Å². The van der Waals surface area contributed by atoms with E-state index in [1.807, 2.05) is 72.8 Å². The van der Waals surface area contributed by atoms with Gasteiger partial charge in [-0.05, 0) is 42.3 Å². The predicted molar refractivity (Wildman–Crippen MR) is 104 cm³/mol. The van der Waals surface area contributed by atoms with Gasteiger partial charge in [-0.15, -0.1) is 0 Å². The lowest BCUT2D eigenvalue weighted by Crippen LogP contribution is -2.41. The lowest BCUT2D eigenvalue weighted by Gasteiger charge is -2.30. The van der Waals surface area contributed by atoms with E-state index in [9.17, 15) is 9.90 Å². The Morgan fingerprint density at radius 1 is 0.889 bits per heavy atom. The maximum atomic E-state index is 12.2. The van der Waals surface area contributed by atoms with Crippen molar-refractivity contribution in [1.29, 1.82) is 0 Å². The Morgan fingerprint density at radius 3 is 2.15 bits per heavy atom. The molecule has 0 fully saturated rings. The Bertz CT molecular complexity index is 877. The maximum Gasteiger partial charge on any atom is 0.341 e. The highest BCUT2D eigenvalue weighted by Crippen LogP contribution is 2.32. The summed E-state index contributed by atoms with van der Waals surface area (Å²) in [5.41, 5.74) is -0.00153. The molecule has 0 saturated heterocycles. The number of carbonyl (C=O) groups is 1. The van der Waals surface area contributed by atoms with Crippen LogP contribution in [-0.2, 0) is 21.6 Å². The number of aliphatic carboxylic acids is 1. The van der Waals surface area contributed by atoms with Crippen molar-refractivity contribution in [1.82, 2.24) is 0 Å². The zero-order valence-electron chi connectivity index (χ0n) is 15.2. The van der Waals surface area contributed by atoms with Gasteiger partial charge in [0.05, 0.1) is 0 Å². The number of benzene rings is 3. The summed E-state index contributed by atoms with van der Waals surface area (Å²) >= 11 is 0. The molecule has 0 aliphatic heterocycles. The fourth-order valence-corrected chi connectivity index (χ4v) is 3.08. The van der Waals surface area contributed by atoms with E-state index in [1.54, 1.807) is 19.1 Å². The van der Waals surface area contributed by atoms with E-state index in [0.29, 0.717) is 17.9 Å². The summed E-state index contributed by atoms with van der Waals surface area (Å²) in [4.78, 5) is 12.2. The van der Waals surface area contributed by atoms with Gasteiger partial charge in [0.2, 0.25) is 0 Å². The van der Waals surface area contributed by atoms with Gasteiger partial charge in [-0.1, -0.05) is 60.7 Å². The van der Waals surface area contributed by atoms with Crippen LogP contribution >= 0.6 is 0 Å². The third-order valence-corrected chi connectivity index (χ3v) is 4.31. The summed E-state index contributed by atoms with van der Waals surface area (Å²) in [5, 5.41) is 10.0. The fourth-order valence-electron chi connectivity index (χ4n) is 3.08. The van der Waals surface area contributed by atoms with Crippen molar-refractivity contribution in [2.75, 3.05) is 6.61 Å². The van der Waals surface area contributed by atoms with Gasteiger partial charge in [0.15, 0.2) is 5.60 Å². The molecule has 0 spiro atoms. The first-order valence-corrected chi connectivity index (χ1v) is 8.89. The first kappa shape index (κ1) is 18.7. The van der Waals surface area contributed by atoms with Gasteiger partial charge >= 0.3 is 5.97 Å². The van der Waals surface area contributed by atoms with Crippen LogP contribution in [0.2, 0.25) is 0 Å². The minimum Gasteiger partial charge on any atom is -0.479 e. The zero-order valence-corrected chi connectivity index (χ0v) is 15.2. The number of ether oxygens (including phenoxy) is 2. The van der Waals surface area contributed by atoms with E-state index in [1.165, 1.54) is 0 Å². The molecule has 27 heavy (non-hydrogen) atoms. The molecule has 4 nitrogen and oxygen atoms in total. The minimum absolute atomic E-state index is 0.201. The van der Waals surface area contributed by atoms with Gasteiger partial charge in [0.25, 0.3) is 0 Å². The molecular formula is C23H22O4. The Kier molecular flexibility index (Phi) is 5.89. The Labute approximate surface area is 159 Å². The van der Waals surface area contributed by atoms with Crippen molar-refractivity contribution < 1.29 is 19.4 Å². The lowest BCUT2D eigenvalue weighted by molar-refractivity contribution is -0.167. The van der Waals surface area contributed by atoms with Gasteiger partial charge in [0.1, 0.15) is 11.5 Å². The van der Waals surface area contributed by atoms with Crippen LogP contribution in [0.1, 0.15) is 18.1 Å². The van der Waals surface area contributed by atoms with Gasteiger partial charge < -0.3 is 14.6 Å². The number of hydrogen-bond acceptors (Lipinski definition) is 3. The average molecular weight is 362 g/mol. The molecule has 0 aromatic heterocycles. The third kappa shape index (κ3) is 4.36. The first-order chi connectivity index (χ1) is 13.1. The monoisotopic (exact) mass is 362 g/mol. The van der Waals surface area contributed by atoms with Crippen molar-refractivity contribution in [3.05, 3.63) is 96.1 Å². The number of hydrogen-bond donors (Lipinski definition) is 1. The number of carboxylic acids is 1. The summed E-state index contributed by atoms with van der Waals surface area (Å²) < 4.78 is 11.7. The summed E-state index contributed by atoms with van der Waals surface area (Å²) in [5.74, 6) is 0.375. The molecule has 3 rings (SSSR count). The Morgan fingerprint density at radius 2 is 1.52 bits per heavy atom. The van der Waals surface area contributed by atoms with Gasteiger partial charge in [-0.2, -0.15) is 0 Å². The van der Waals surface area contributed by atoms with Crippen molar-refractivity contribution in [2.24, 2.45) is 0 Å². The molecule has 1 N–H and O–H groups in total. The van der Waals surface area contributed by atoms with Crippen molar-refractivity contribution in [3.8, 4) is 11.5 Å². The number of para-hydroxylation sites is 1. The van der Waals surface area contributed by atoms with E-state index in [0.717, 1.165) is 11.3 Å². The second-order valence-electron chi connectivity index (χ2n) is 6.17. The van der Waals surface area contributed by atoms with E-state index >= 15 is 0 Å². The van der Waals surface area contributed by atoms with Crippen LogP contribution in [-0.4, -0.2) is 17.7 Å². The number of rotatable bonds is 8. The lowest BCUT2D eigenvalue weighted by atomic mass is 9.87. The molecule has 3 aromatic carbocycles. The third-order valence-electron chi connectivity index (χ3n) is 4.31. The van der Waals surface area contributed by atoms with Crippen LogP contribution in [0.15, 0.2) is 84.9 Å². The molecule has 1 atom stereocenters. The SMILES string of the molecule is CCOC(Cc1cccc(Oc2ccccc2)c1)(C(=O)O)c1ccccc1. The smallest absolute Gasteiger partial charge is 0.341 e. The molecular weight excluding hydrogens is 340 g/mol. The molecule has 0 heterocycles. The van der Waals surface area contributed by atoms with Crippen LogP contribution in [0.25, 0.3) is 0 Å². The largest absolute Gasteiger partial charge is 0.479 e. The second-order valence-corrected chi connectivity index (χ2v) is 6.17. The normalized spacial score (nSPS) is 12.9. The van der Waals surface area contributed by atoms with E-state index in [-0.39, 0.29) is 6.42 Å². The molecule has 0 aliphatic carbocycles. The summed E-state index contributed by atoms with van der Waals surface area (Å²) in [6.07, 6.45) is 0.201. The highest BCUT2D eigenvalue weighted by molar-refractivity contribution is 5.80. The molecule has 0 radical (unpaired) electrons. The zero-order chi connectivity index (χ0) is 19.1. The molecule has 0 saturated carbocycles. The predicted octanol–water partition coefficient (Wildman–Crippen LogP) is 5.04. The molecule has 0 amide bonds. The Balaban J connectivity index is 1.92. The summed E-state index contributed by atoms with van der Waals surface area (Å²) in [6.45, 7) is 2.09. The van der Waals surface area contributed by atoms with E-state index < -0.39 is 11.6 Å². The van der Waals surface area contributed by atoms with Gasteiger partial charge in [-0.3, -0.25) is 0 Å². The highest BCUT2D eigenvalue weighted by atomic mass is 16.5. The van der Waals surface area contributed by atoms with Gasteiger partial charge in [0, 0.05) is 13.0 Å². The molecule has 4 heteroatoms. The molecule has 3 aromatic rings. The maximum absolute atomic E-state index is 12.2. The first-order valence-electron chi connectivity index (χ1n) is 8.89. The van der Waals surface area contributed by atoms with Crippen LogP contribution in [0.3, 0.4) is 0 Å². The average Bonchev–Trinajstić information content (AvgIpc) is 2.69. The Hall–Kier alpha value is -3.11.